The van der Waals surface area contributed by atoms with Gasteiger partial charge in [0.15, 0.2) is 0 Å². The van der Waals surface area contributed by atoms with Gasteiger partial charge >= 0.3 is 0 Å². The molecule has 0 radical (unpaired) electrons. The minimum atomic E-state index is 0.0129. The van der Waals surface area contributed by atoms with Gasteiger partial charge in [-0.3, -0.25) is 9.59 Å². The molecule has 1 aliphatic heterocycles. The predicted molar refractivity (Wildman–Crippen MR) is 205 cm³/mol. The Bertz CT molecular complexity index is 1970. The Morgan fingerprint density at radius 3 is 2.42 bits per heavy atom. The Morgan fingerprint density at radius 2 is 1.65 bits per heavy atom. The van der Waals surface area contributed by atoms with Crippen molar-refractivity contribution < 1.29 is 19.1 Å². The van der Waals surface area contributed by atoms with E-state index in [0.717, 1.165) is 85.0 Å². The average Bonchev–Trinajstić information content (AvgIpc) is 3.89. The van der Waals surface area contributed by atoms with Gasteiger partial charge in [0, 0.05) is 54.1 Å². The first-order valence-corrected chi connectivity index (χ1v) is 19.0. The number of ether oxygens (including phenoxy) is 2. The van der Waals surface area contributed by atoms with Crippen molar-refractivity contribution in [2.75, 3.05) is 26.1 Å². The first kappa shape index (κ1) is 36.2. The van der Waals surface area contributed by atoms with Crippen LogP contribution in [0.1, 0.15) is 79.7 Å². The maximum atomic E-state index is 11.6. The summed E-state index contributed by atoms with van der Waals surface area (Å²) in [5, 5.41) is 11.3. The van der Waals surface area contributed by atoms with Gasteiger partial charge in [-0.25, -0.2) is 4.98 Å². The third-order valence-corrected chi connectivity index (χ3v) is 11.4. The molecule has 1 saturated carbocycles. The van der Waals surface area contributed by atoms with E-state index in [1.807, 2.05) is 24.3 Å². The molecule has 11 heteroatoms. The predicted octanol–water partition coefficient (Wildman–Crippen LogP) is 8.29. The number of anilines is 1. The number of nitrogens with zero attached hydrogens (tertiary/aromatic N) is 2. The number of amides is 1. The summed E-state index contributed by atoms with van der Waals surface area (Å²) in [4.78, 5) is 32.9. The van der Waals surface area contributed by atoms with Gasteiger partial charge in [-0.15, -0.1) is 0 Å². The lowest BCUT2D eigenvalue weighted by Gasteiger charge is -2.19. The quantitative estimate of drug-likeness (QED) is 0.118. The van der Waals surface area contributed by atoms with Crippen LogP contribution in [-0.4, -0.2) is 48.5 Å². The van der Waals surface area contributed by atoms with Crippen molar-refractivity contribution in [1.29, 1.82) is 0 Å². The summed E-state index contributed by atoms with van der Waals surface area (Å²) in [5.41, 5.74) is 8.00. The molecule has 272 valence electrons. The van der Waals surface area contributed by atoms with Gasteiger partial charge in [0.05, 0.1) is 36.0 Å². The Morgan fingerprint density at radius 1 is 0.865 bits per heavy atom. The number of fused-ring (bicyclic) bond motifs is 1. The number of aryl methyl sites for hydroxylation is 1. The highest BCUT2D eigenvalue weighted by molar-refractivity contribution is 6.36. The van der Waals surface area contributed by atoms with Crippen LogP contribution >= 0.6 is 23.2 Å². The lowest BCUT2D eigenvalue weighted by molar-refractivity contribution is -0.119. The van der Waals surface area contributed by atoms with Crippen LogP contribution in [0.15, 0.2) is 54.6 Å². The number of carbonyl (C=O) groups is 2. The number of hydrogen-bond donors (Lipinski definition) is 3. The summed E-state index contributed by atoms with van der Waals surface area (Å²) >= 11 is 14.0. The highest BCUT2D eigenvalue weighted by Crippen LogP contribution is 2.44. The van der Waals surface area contributed by atoms with Crippen LogP contribution in [0.25, 0.3) is 22.4 Å². The van der Waals surface area contributed by atoms with E-state index >= 15 is 0 Å². The Kier molecular flexibility index (Phi) is 11.3. The molecule has 1 amide bonds. The maximum absolute atomic E-state index is 11.6. The number of aromatic nitrogens is 2. The number of pyridine rings is 2. The molecule has 3 atom stereocenters. The van der Waals surface area contributed by atoms with Crippen molar-refractivity contribution in [3.05, 3.63) is 86.9 Å². The third kappa shape index (κ3) is 7.92. The average molecular weight is 743 g/mol. The zero-order chi connectivity index (χ0) is 36.2. The number of ketones is 1. The molecule has 9 nitrogen and oxygen atoms in total. The fraction of sp³-hybridized carbons (Fsp3) is 0.415. The molecule has 2 fully saturated rings. The summed E-state index contributed by atoms with van der Waals surface area (Å²) in [6.45, 7) is 1.34. The zero-order valence-corrected chi connectivity index (χ0v) is 31.2. The Balaban J connectivity index is 1.06. The van der Waals surface area contributed by atoms with E-state index in [1.54, 1.807) is 14.2 Å². The molecule has 2 aromatic heterocycles. The lowest BCUT2D eigenvalue weighted by atomic mass is 9.94. The minimum Gasteiger partial charge on any atom is -0.481 e. The van der Waals surface area contributed by atoms with Gasteiger partial charge in [0.1, 0.15) is 11.6 Å². The summed E-state index contributed by atoms with van der Waals surface area (Å²) in [6.07, 6.45) is 8.25. The first-order chi connectivity index (χ1) is 25.3. The molecule has 7 rings (SSSR count). The van der Waals surface area contributed by atoms with Gasteiger partial charge in [-0.1, -0.05) is 65.7 Å². The molecule has 0 bridgehead atoms. The summed E-state index contributed by atoms with van der Waals surface area (Å²) in [6, 6.07) is 18.7. The van der Waals surface area contributed by atoms with Gasteiger partial charge in [-0.2, -0.15) is 4.98 Å². The molecule has 3 N–H and O–H groups in total. The lowest BCUT2D eigenvalue weighted by Crippen LogP contribution is -2.25. The smallest absolute Gasteiger partial charge is 0.220 e. The number of Topliss-reactive ketones (excluding diaryl/α,β-unsaturated/α-hetero) is 1. The normalized spacial score (nSPS) is 19.5. The van der Waals surface area contributed by atoms with E-state index in [4.69, 9.17) is 42.6 Å². The van der Waals surface area contributed by atoms with Crippen LogP contribution in [0.2, 0.25) is 10.0 Å². The second-order valence-electron chi connectivity index (χ2n) is 14.1. The molecule has 2 aromatic carbocycles. The van der Waals surface area contributed by atoms with E-state index < -0.39 is 0 Å². The van der Waals surface area contributed by atoms with Gasteiger partial charge < -0.3 is 25.4 Å². The van der Waals surface area contributed by atoms with Crippen LogP contribution in [0, 0.1) is 5.92 Å². The van der Waals surface area contributed by atoms with Gasteiger partial charge in [0.2, 0.25) is 17.7 Å². The monoisotopic (exact) mass is 741 g/mol. The van der Waals surface area contributed by atoms with Crippen LogP contribution in [-0.2, 0) is 29.0 Å². The topological polar surface area (TPSA) is 114 Å². The molecule has 2 aliphatic carbocycles. The molecular formula is C41H45Cl2N5O4. The highest BCUT2D eigenvalue weighted by Gasteiger charge is 2.28. The second kappa shape index (κ2) is 16.2. The minimum absolute atomic E-state index is 0.0129. The molecular weight excluding hydrogens is 697 g/mol. The van der Waals surface area contributed by atoms with E-state index in [-0.39, 0.29) is 18.0 Å². The number of carbonyl (C=O) groups excluding carboxylic acids is 2. The van der Waals surface area contributed by atoms with Crippen molar-refractivity contribution in [2.24, 2.45) is 5.92 Å². The van der Waals surface area contributed by atoms with Gasteiger partial charge in [-0.05, 0) is 86.2 Å². The first-order valence-electron chi connectivity index (χ1n) is 18.3. The standard InChI is InChI=1S/C41H45Cl2N5O4/c1-51-40-25(6-3-7-27-14-19-37(50)45-27)13-17-36(47-40)33-11-5-10-32(38(33)43)29-8-4-9-31-30(29)16-18-35(31)46-39-34(42)21-26(41(48-39)52-2)23-44-22-24-12-15-28(49)20-24/h4-5,8-11,13,17,21,24,27,35,44H,3,6-7,12,14-16,18-20,22-23H2,1-2H3,(H,45,50)(H,46,48)/t24-,27-,35+/m1/s1. The Hall–Kier alpha value is -4.18. The molecule has 3 aliphatic rings. The van der Waals surface area contributed by atoms with E-state index in [2.05, 4.69) is 46.3 Å². The number of halogens is 2. The van der Waals surface area contributed by atoms with Gasteiger partial charge in [0.25, 0.3) is 0 Å². The maximum Gasteiger partial charge on any atom is 0.220 e. The molecule has 1 saturated heterocycles. The summed E-state index contributed by atoms with van der Waals surface area (Å²) in [5.74, 6) is 2.58. The third-order valence-electron chi connectivity index (χ3n) is 10.7. The molecule has 52 heavy (non-hydrogen) atoms. The highest BCUT2D eigenvalue weighted by atomic mass is 35.5. The SMILES string of the molecule is COc1nc(-c2cccc(-c3cccc4c3CC[C@@H]4Nc3nc(OC)c(CNC[C@@H]4CCC(=O)C4)cc3Cl)c2Cl)ccc1CCC[C@@H]1CCC(=O)N1. The van der Waals surface area contributed by atoms with Crippen molar-refractivity contribution in [3.8, 4) is 34.1 Å². The Labute approximate surface area is 315 Å². The molecule has 4 aromatic rings. The fourth-order valence-corrected chi connectivity index (χ4v) is 8.52. The van der Waals surface area contributed by atoms with E-state index in [0.29, 0.717) is 65.1 Å². The van der Waals surface area contributed by atoms with E-state index in [1.165, 1.54) is 11.1 Å². The summed E-state index contributed by atoms with van der Waals surface area (Å²) in [7, 11) is 3.27. The fourth-order valence-electron chi connectivity index (χ4n) is 7.97. The largest absolute Gasteiger partial charge is 0.481 e. The van der Waals surface area contributed by atoms with E-state index in [9.17, 15) is 9.59 Å². The zero-order valence-electron chi connectivity index (χ0n) is 29.7. The van der Waals surface area contributed by atoms with Crippen molar-refractivity contribution in [3.63, 3.8) is 0 Å². The number of nitrogens with one attached hydrogen (secondary N) is 3. The molecule has 0 unspecified atom stereocenters. The van der Waals surface area contributed by atoms with Crippen LogP contribution in [0.4, 0.5) is 5.82 Å². The van der Waals surface area contributed by atoms with Crippen LogP contribution in [0.5, 0.6) is 11.8 Å². The molecule has 3 heterocycles. The number of rotatable bonds is 14. The van der Waals surface area contributed by atoms with Crippen molar-refractivity contribution >= 4 is 40.7 Å². The van der Waals surface area contributed by atoms with Crippen LogP contribution in [0.3, 0.4) is 0 Å². The molecule has 0 spiro atoms. The second-order valence-corrected chi connectivity index (χ2v) is 14.9. The van der Waals surface area contributed by atoms with Crippen LogP contribution < -0.4 is 25.4 Å². The number of benzene rings is 2. The number of methoxy groups -OCH3 is 2. The summed E-state index contributed by atoms with van der Waals surface area (Å²) < 4.78 is 11.4. The van der Waals surface area contributed by atoms with Crippen molar-refractivity contribution in [1.82, 2.24) is 20.6 Å². The van der Waals surface area contributed by atoms with Crippen molar-refractivity contribution in [2.45, 2.75) is 82.8 Å². The number of hydrogen-bond acceptors (Lipinski definition) is 8.